The zero-order valence-corrected chi connectivity index (χ0v) is 13.7. The summed E-state index contributed by atoms with van der Waals surface area (Å²) in [5.74, 6) is 0.0113. The second kappa shape index (κ2) is 7.13. The van der Waals surface area contributed by atoms with E-state index in [4.69, 9.17) is 0 Å². The summed E-state index contributed by atoms with van der Waals surface area (Å²) in [6.07, 6.45) is 3.67. The van der Waals surface area contributed by atoms with Crippen molar-refractivity contribution in [3.63, 3.8) is 0 Å². The van der Waals surface area contributed by atoms with Crippen molar-refractivity contribution in [3.8, 4) is 0 Å². The Balaban J connectivity index is 1.57. The lowest BCUT2D eigenvalue weighted by molar-refractivity contribution is -0.128. The van der Waals surface area contributed by atoms with E-state index in [-0.39, 0.29) is 24.3 Å². The van der Waals surface area contributed by atoms with E-state index >= 15 is 0 Å². The number of hydrogen-bond donors (Lipinski definition) is 2. The summed E-state index contributed by atoms with van der Waals surface area (Å²) in [5.41, 5.74) is 2.21. The monoisotopic (exact) mass is 315 g/mol. The molecule has 2 aliphatic rings. The van der Waals surface area contributed by atoms with E-state index in [0.717, 1.165) is 44.5 Å². The third-order valence-electron chi connectivity index (χ3n) is 4.82. The summed E-state index contributed by atoms with van der Waals surface area (Å²) in [5, 5.41) is 6.18. The second-order valence-corrected chi connectivity index (χ2v) is 6.57. The highest BCUT2D eigenvalue weighted by Gasteiger charge is 2.26. The molecule has 2 amide bonds. The molecule has 3 rings (SSSR count). The molecule has 2 heterocycles. The van der Waals surface area contributed by atoms with Gasteiger partial charge >= 0.3 is 0 Å². The molecule has 1 saturated heterocycles. The topological polar surface area (TPSA) is 61.4 Å². The molecule has 0 bridgehead atoms. The highest BCUT2D eigenvalue weighted by Crippen LogP contribution is 2.26. The zero-order valence-electron chi connectivity index (χ0n) is 13.7. The first kappa shape index (κ1) is 16.0. The number of anilines is 1. The Hall–Kier alpha value is -1.88. The number of rotatable bonds is 3. The van der Waals surface area contributed by atoms with Crippen LogP contribution in [0.1, 0.15) is 31.7 Å². The van der Waals surface area contributed by atoms with E-state index in [1.807, 2.05) is 23.1 Å². The Bertz CT molecular complexity index is 587. The fraction of sp³-hybridized carbons (Fsp3) is 0.556. The summed E-state index contributed by atoms with van der Waals surface area (Å²) in [7, 11) is 0. The van der Waals surface area contributed by atoms with Crippen LogP contribution in [0, 0.1) is 5.92 Å². The lowest BCUT2D eigenvalue weighted by Gasteiger charge is -2.30. The molecule has 0 aliphatic carbocycles. The molecular formula is C18H25N3O2. The van der Waals surface area contributed by atoms with Gasteiger partial charge in [0, 0.05) is 24.2 Å². The van der Waals surface area contributed by atoms with Gasteiger partial charge in [-0.1, -0.05) is 18.2 Å². The van der Waals surface area contributed by atoms with E-state index in [1.165, 1.54) is 5.56 Å². The molecule has 0 unspecified atom stereocenters. The van der Waals surface area contributed by atoms with Gasteiger partial charge in [-0.05, 0) is 50.8 Å². The van der Waals surface area contributed by atoms with Gasteiger partial charge in [0.05, 0.1) is 6.54 Å². The van der Waals surface area contributed by atoms with Gasteiger partial charge in [-0.3, -0.25) is 9.59 Å². The van der Waals surface area contributed by atoms with Crippen LogP contribution in [0.5, 0.6) is 0 Å². The van der Waals surface area contributed by atoms with Crippen LogP contribution in [0.2, 0.25) is 0 Å². The lowest BCUT2D eigenvalue weighted by Crippen LogP contribution is -2.46. The molecule has 1 fully saturated rings. The third-order valence-corrected chi connectivity index (χ3v) is 4.82. The van der Waals surface area contributed by atoms with Crippen molar-refractivity contribution in [2.24, 2.45) is 5.92 Å². The first-order chi connectivity index (χ1) is 11.1. The Morgan fingerprint density at radius 3 is 3.00 bits per heavy atom. The summed E-state index contributed by atoms with van der Waals surface area (Å²) >= 11 is 0. The minimum Gasteiger partial charge on any atom is -0.347 e. The number of fused-ring (bicyclic) bond motifs is 1. The van der Waals surface area contributed by atoms with Crippen LogP contribution in [0.25, 0.3) is 0 Å². The smallest absolute Gasteiger partial charge is 0.246 e. The maximum absolute atomic E-state index is 12.5. The van der Waals surface area contributed by atoms with E-state index in [0.29, 0.717) is 6.04 Å². The molecule has 1 aromatic carbocycles. The summed E-state index contributed by atoms with van der Waals surface area (Å²) in [4.78, 5) is 26.6. The van der Waals surface area contributed by atoms with Gasteiger partial charge < -0.3 is 15.5 Å². The molecule has 0 saturated carbocycles. The first-order valence-electron chi connectivity index (χ1n) is 8.54. The van der Waals surface area contributed by atoms with Crippen molar-refractivity contribution in [2.75, 3.05) is 24.5 Å². The number of hydrogen-bond acceptors (Lipinski definition) is 3. The number of para-hydroxylation sites is 1. The average molecular weight is 315 g/mol. The van der Waals surface area contributed by atoms with E-state index < -0.39 is 0 Å². The molecular weight excluding hydrogens is 290 g/mol. The molecule has 2 atom stereocenters. The van der Waals surface area contributed by atoms with Gasteiger partial charge in [-0.15, -0.1) is 0 Å². The van der Waals surface area contributed by atoms with Gasteiger partial charge in [0.15, 0.2) is 0 Å². The van der Waals surface area contributed by atoms with Gasteiger partial charge in [-0.2, -0.15) is 0 Å². The van der Waals surface area contributed by atoms with E-state index in [1.54, 1.807) is 0 Å². The quantitative estimate of drug-likeness (QED) is 0.888. The third kappa shape index (κ3) is 3.72. The van der Waals surface area contributed by atoms with Gasteiger partial charge in [0.1, 0.15) is 0 Å². The molecule has 0 spiro atoms. The van der Waals surface area contributed by atoms with Crippen molar-refractivity contribution >= 4 is 17.5 Å². The molecule has 1 aromatic rings. The minimum atomic E-state index is -0.0208. The Morgan fingerprint density at radius 1 is 1.35 bits per heavy atom. The van der Waals surface area contributed by atoms with Crippen molar-refractivity contribution in [1.82, 2.24) is 10.6 Å². The predicted molar refractivity (Wildman–Crippen MR) is 90.3 cm³/mol. The molecule has 5 heteroatoms. The maximum atomic E-state index is 12.5. The minimum absolute atomic E-state index is 0.0111. The van der Waals surface area contributed by atoms with Crippen LogP contribution in [0.15, 0.2) is 24.3 Å². The second-order valence-electron chi connectivity index (χ2n) is 6.57. The van der Waals surface area contributed by atoms with Crippen molar-refractivity contribution in [3.05, 3.63) is 29.8 Å². The molecule has 0 radical (unpaired) electrons. The molecule has 23 heavy (non-hydrogen) atoms. The van der Waals surface area contributed by atoms with Crippen LogP contribution >= 0.6 is 0 Å². The van der Waals surface area contributed by atoms with Crippen LogP contribution < -0.4 is 15.5 Å². The molecule has 2 aliphatic heterocycles. The largest absolute Gasteiger partial charge is 0.347 e. The van der Waals surface area contributed by atoms with Crippen LogP contribution in [0.4, 0.5) is 5.69 Å². The van der Waals surface area contributed by atoms with E-state index in [2.05, 4.69) is 23.6 Å². The van der Waals surface area contributed by atoms with Crippen molar-refractivity contribution in [2.45, 2.75) is 38.6 Å². The highest BCUT2D eigenvalue weighted by atomic mass is 16.2. The Morgan fingerprint density at radius 2 is 2.17 bits per heavy atom. The number of nitrogens with one attached hydrogen (secondary N) is 2. The fourth-order valence-corrected chi connectivity index (χ4v) is 3.57. The predicted octanol–water partition coefficient (Wildman–Crippen LogP) is 1.47. The fourth-order valence-electron chi connectivity index (χ4n) is 3.57. The normalized spacial score (nSPS) is 24.0. The SMILES string of the molecule is C[C@H]1C[C@@H](C(=O)NCC(=O)N2CCCc3ccccc32)CCN1. The number of nitrogens with zero attached hydrogens (tertiary/aromatic N) is 1. The van der Waals surface area contributed by atoms with Crippen molar-refractivity contribution < 1.29 is 9.59 Å². The summed E-state index contributed by atoms with van der Waals surface area (Å²) in [6.45, 7) is 3.78. The van der Waals surface area contributed by atoms with Crippen LogP contribution in [-0.4, -0.2) is 37.5 Å². The molecule has 2 N–H and O–H groups in total. The number of aryl methyl sites for hydroxylation is 1. The maximum Gasteiger partial charge on any atom is 0.246 e. The highest BCUT2D eigenvalue weighted by molar-refractivity contribution is 5.97. The van der Waals surface area contributed by atoms with Gasteiger partial charge in [-0.25, -0.2) is 0 Å². The molecule has 0 aromatic heterocycles. The number of benzene rings is 1. The standard InChI is InChI=1S/C18H25N3O2/c1-13-11-15(8-9-19-13)18(23)20-12-17(22)21-10-4-6-14-5-2-3-7-16(14)21/h2-3,5,7,13,15,19H,4,6,8-12H2,1H3,(H,20,23)/t13-,15-/m0/s1. The Kier molecular flexibility index (Phi) is 4.96. The number of carbonyl (C=O) groups excluding carboxylic acids is 2. The Labute approximate surface area is 137 Å². The van der Waals surface area contributed by atoms with Gasteiger partial charge in [0.2, 0.25) is 11.8 Å². The van der Waals surface area contributed by atoms with E-state index in [9.17, 15) is 9.59 Å². The van der Waals surface area contributed by atoms with Crippen LogP contribution in [0.3, 0.4) is 0 Å². The molecule has 5 nitrogen and oxygen atoms in total. The number of amides is 2. The van der Waals surface area contributed by atoms with Crippen molar-refractivity contribution in [1.29, 1.82) is 0 Å². The zero-order chi connectivity index (χ0) is 16.2. The number of piperidine rings is 1. The van der Waals surface area contributed by atoms with Gasteiger partial charge in [0.25, 0.3) is 0 Å². The van der Waals surface area contributed by atoms with Crippen LogP contribution in [-0.2, 0) is 16.0 Å². The lowest BCUT2D eigenvalue weighted by atomic mass is 9.92. The first-order valence-corrected chi connectivity index (χ1v) is 8.54. The average Bonchev–Trinajstić information content (AvgIpc) is 2.59. The molecule has 124 valence electrons. The summed E-state index contributed by atoms with van der Waals surface area (Å²) < 4.78 is 0. The summed E-state index contributed by atoms with van der Waals surface area (Å²) in [6, 6.07) is 8.39. The number of carbonyl (C=O) groups is 2.